The van der Waals surface area contributed by atoms with Crippen LogP contribution >= 0.6 is 0 Å². The van der Waals surface area contributed by atoms with E-state index in [9.17, 15) is 9.59 Å². The zero-order valence-corrected chi connectivity index (χ0v) is 13.8. The second-order valence-corrected chi connectivity index (χ2v) is 5.91. The van der Waals surface area contributed by atoms with Crippen LogP contribution in [0.2, 0.25) is 0 Å². The van der Waals surface area contributed by atoms with Crippen molar-refractivity contribution < 1.29 is 9.59 Å². The average Bonchev–Trinajstić information content (AvgIpc) is 2.68. The van der Waals surface area contributed by atoms with Crippen molar-refractivity contribution in [1.29, 1.82) is 0 Å². The molecule has 6 heteroatoms. The molecule has 2 heterocycles. The second-order valence-electron chi connectivity index (χ2n) is 5.91. The first-order valence-electron chi connectivity index (χ1n) is 8.32. The predicted molar refractivity (Wildman–Crippen MR) is 95.4 cm³/mol. The van der Waals surface area contributed by atoms with Crippen LogP contribution < -0.4 is 5.32 Å². The van der Waals surface area contributed by atoms with Crippen LogP contribution in [0.4, 0.5) is 5.95 Å². The van der Waals surface area contributed by atoms with Gasteiger partial charge in [-0.15, -0.1) is 0 Å². The largest absolute Gasteiger partial charge is 0.339 e. The third-order valence-electron chi connectivity index (χ3n) is 4.20. The van der Waals surface area contributed by atoms with E-state index in [0.717, 1.165) is 5.56 Å². The molecule has 0 spiro atoms. The van der Waals surface area contributed by atoms with E-state index >= 15 is 0 Å². The standard InChI is InChI=1S/C19H20N4O2/c24-17(8-7-15-5-2-1-3-6-15)23-13-9-16(10-14-23)18(25)22-19-20-11-4-12-21-19/h1-8,11-12,16H,9-10,13-14H2,(H,20,21,22,25). The number of benzene rings is 1. The number of aromatic nitrogens is 2. The normalized spacial score (nSPS) is 15.3. The highest BCUT2D eigenvalue weighted by Gasteiger charge is 2.26. The van der Waals surface area contributed by atoms with Crippen molar-refractivity contribution in [2.75, 3.05) is 18.4 Å². The molecule has 1 aliphatic heterocycles. The lowest BCUT2D eigenvalue weighted by Gasteiger charge is -2.30. The van der Waals surface area contributed by atoms with Crippen LogP contribution in [0.5, 0.6) is 0 Å². The molecular formula is C19H20N4O2. The Bertz CT molecular complexity index is 739. The molecule has 0 radical (unpaired) electrons. The Kier molecular flexibility index (Phi) is 5.51. The van der Waals surface area contributed by atoms with Crippen LogP contribution in [-0.4, -0.2) is 39.8 Å². The van der Waals surface area contributed by atoms with Gasteiger partial charge in [0.15, 0.2) is 0 Å². The Balaban J connectivity index is 1.49. The van der Waals surface area contributed by atoms with Gasteiger partial charge in [-0.2, -0.15) is 0 Å². The van der Waals surface area contributed by atoms with Gasteiger partial charge in [-0.05, 0) is 30.5 Å². The molecule has 25 heavy (non-hydrogen) atoms. The van der Waals surface area contributed by atoms with Gasteiger partial charge in [-0.3, -0.25) is 14.9 Å². The van der Waals surface area contributed by atoms with E-state index in [1.165, 1.54) is 0 Å². The van der Waals surface area contributed by atoms with Crippen LogP contribution in [0.3, 0.4) is 0 Å². The highest BCUT2D eigenvalue weighted by molar-refractivity contribution is 5.93. The number of likely N-dealkylation sites (tertiary alicyclic amines) is 1. The maximum absolute atomic E-state index is 12.3. The molecule has 1 aliphatic rings. The highest BCUT2D eigenvalue weighted by Crippen LogP contribution is 2.19. The fourth-order valence-electron chi connectivity index (χ4n) is 2.78. The molecule has 0 atom stereocenters. The van der Waals surface area contributed by atoms with Gasteiger partial charge in [0.05, 0.1) is 0 Å². The molecule has 2 aromatic rings. The Morgan fingerprint density at radius 3 is 2.40 bits per heavy atom. The molecule has 1 aromatic carbocycles. The van der Waals surface area contributed by atoms with Crippen molar-refractivity contribution in [3.8, 4) is 0 Å². The molecule has 2 amide bonds. The van der Waals surface area contributed by atoms with Crippen LogP contribution in [0, 0.1) is 5.92 Å². The molecule has 1 aromatic heterocycles. The second kappa shape index (κ2) is 8.19. The molecule has 6 nitrogen and oxygen atoms in total. The van der Waals surface area contributed by atoms with Crippen molar-refractivity contribution in [3.05, 3.63) is 60.4 Å². The first-order chi connectivity index (χ1) is 12.2. The SMILES string of the molecule is O=C(Nc1ncccn1)C1CCN(C(=O)C=Cc2ccccc2)CC1. The third-order valence-corrected chi connectivity index (χ3v) is 4.20. The van der Waals surface area contributed by atoms with E-state index in [0.29, 0.717) is 31.9 Å². The molecule has 1 fully saturated rings. The smallest absolute Gasteiger partial charge is 0.246 e. The van der Waals surface area contributed by atoms with Crippen LogP contribution in [0.1, 0.15) is 18.4 Å². The van der Waals surface area contributed by atoms with Gasteiger partial charge in [0.1, 0.15) is 0 Å². The topological polar surface area (TPSA) is 75.2 Å². The predicted octanol–water partition coefficient (Wildman–Crippen LogP) is 2.37. The lowest BCUT2D eigenvalue weighted by molar-refractivity contribution is -0.130. The number of carbonyl (C=O) groups is 2. The van der Waals surface area contributed by atoms with E-state index in [1.807, 2.05) is 36.4 Å². The molecule has 0 bridgehead atoms. The van der Waals surface area contributed by atoms with Crippen molar-refractivity contribution in [3.63, 3.8) is 0 Å². The van der Waals surface area contributed by atoms with Crippen molar-refractivity contribution in [2.24, 2.45) is 5.92 Å². The summed E-state index contributed by atoms with van der Waals surface area (Å²) in [5.74, 6) is 0.0926. The molecule has 1 N–H and O–H groups in total. The van der Waals surface area contributed by atoms with E-state index in [4.69, 9.17) is 0 Å². The Morgan fingerprint density at radius 2 is 1.72 bits per heavy atom. The van der Waals surface area contributed by atoms with Gasteiger partial charge in [-0.1, -0.05) is 30.3 Å². The molecule has 1 saturated heterocycles. The lowest BCUT2D eigenvalue weighted by Crippen LogP contribution is -2.40. The maximum Gasteiger partial charge on any atom is 0.246 e. The lowest BCUT2D eigenvalue weighted by atomic mass is 9.96. The minimum absolute atomic E-state index is 0.0193. The molecule has 0 unspecified atom stereocenters. The summed E-state index contributed by atoms with van der Waals surface area (Å²) in [6.07, 6.45) is 7.86. The van der Waals surface area contributed by atoms with Gasteiger partial charge in [0.25, 0.3) is 0 Å². The molecular weight excluding hydrogens is 316 g/mol. The first-order valence-corrected chi connectivity index (χ1v) is 8.32. The van der Waals surface area contributed by atoms with Gasteiger partial charge in [0, 0.05) is 37.5 Å². The number of anilines is 1. The van der Waals surface area contributed by atoms with E-state index in [-0.39, 0.29) is 17.7 Å². The van der Waals surface area contributed by atoms with Crippen LogP contribution in [-0.2, 0) is 9.59 Å². The fraction of sp³-hybridized carbons (Fsp3) is 0.263. The van der Waals surface area contributed by atoms with Crippen LogP contribution in [0.25, 0.3) is 6.08 Å². The summed E-state index contributed by atoms with van der Waals surface area (Å²) >= 11 is 0. The first kappa shape index (κ1) is 16.8. The van der Waals surface area contributed by atoms with Crippen LogP contribution in [0.15, 0.2) is 54.9 Å². The van der Waals surface area contributed by atoms with E-state index in [2.05, 4.69) is 15.3 Å². The average molecular weight is 336 g/mol. The number of carbonyl (C=O) groups excluding carboxylic acids is 2. The molecule has 3 rings (SSSR count). The van der Waals surface area contributed by atoms with Gasteiger partial charge < -0.3 is 4.90 Å². The number of rotatable bonds is 4. The summed E-state index contributed by atoms with van der Waals surface area (Å²) in [5.41, 5.74) is 0.993. The monoisotopic (exact) mass is 336 g/mol. The molecule has 0 aliphatic carbocycles. The third kappa shape index (κ3) is 4.73. The fourth-order valence-corrected chi connectivity index (χ4v) is 2.78. The summed E-state index contributed by atoms with van der Waals surface area (Å²) < 4.78 is 0. The van der Waals surface area contributed by atoms with Crippen molar-refractivity contribution >= 4 is 23.8 Å². The Labute approximate surface area is 146 Å². The zero-order chi connectivity index (χ0) is 17.5. The number of nitrogens with one attached hydrogen (secondary N) is 1. The quantitative estimate of drug-likeness (QED) is 0.870. The maximum atomic E-state index is 12.3. The Morgan fingerprint density at radius 1 is 1.04 bits per heavy atom. The summed E-state index contributed by atoms with van der Waals surface area (Å²) in [5, 5.41) is 2.72. The Hall–Kier alpha value is -3.02. The minimum Gasteiger partial charge on any atom is -0.339 e. The van der Waals surface area contributed by atoms with Crippen molar-refractivity contribution in [1.82, 2.24) is 14.9 Å². The number of hydrogen-bond acceptors (Lipinski definition) is 4. The number of amides is 2. The molecule has 0 saturated carbocycles. The number of hydrogen-bond donors (Lipinski definition) is 1. The zero-order valence-electron chi connectivity index (χ0n) is 13.8. The number of piperidine rings is 1. The van der Waals surface area contributed by atoms with Crippen molar-refractivity contribution in [2.45, 2.75) is 12.8 Å². The van der Waals surface area contributed by atoms with Gasteiger partial charge >= 0.3 is 0 Å². The van der Waals surface area contributed by atoms with Gasteiger partial charge in [0.2, 0.25) is 17.8 Å². The summed E-state index contributed by atoms with van der Waals surface area (Å²) in [4.78, 5) is 34.3. The van der Waals surface area contributed by atoms with E-state index in [1.54, 1.807) is 29.4 Å². The summed E-state index contributed by atoms with van der Waals surface area (Å²) in [7, 11) is 0. The molecule has 128 valence electrons. The van der Waals surface area contributed by atoms with Gasteiger partial charge in [-0.25, -0.2) is 9.97 Å². The van der Waals surface area contributed by atoms with E-state index < -0.39 is 0 Å². The summed E-state index contributed by atoms with van der Waals surface area (Å²) in [6, 6.07) is 11.4. The highest BCUT2D eigenvalue weighted by atomic mass is 16.2. The summed E-state index contributed by atoms with van der Waals surface area (Å²) in [6.45, 7) is 1.15. The number of nitrogens with zero attached hydrogens (tertiary/aromatic N) is 3. The minimum atomic E-state index is -0.119.